The first-order valence-corrected chi connectivity index (χ1v) is 6.93. The van der Waals surface area contributed by atoms with Gasteiger partial charge in [-0.2, -0.15) is 0 Å². The van der Waals surface area contributed by atoms with Crippen LogP contribution in [-0.4, -0.2) is 16.2 Å². The van der Waals surface area contributed by atoms with Crippen LogP contribution in [0.15, 0.2) is 36.4 Å². The van der Waals surface area contributed by atoms with Crippen LogP contribution in [0.5, 0.6) is 0 Å². The summed E-state index contributed by atoms with van der Waals surface area (Å²) in [5, 5.41) is 11.9. The van der Waals surface area contributed by atoms with Gasteiger partial charge < -0.3 is 5.32 Å². The maximum atomic E-state index is 4.29. The van der Waals surface area contributed by atoms with Crippen LogP contribution in [0.2, 0.25) is 0 Å². The van der Waals surface area contributed by atoms with Gasteiger partial charge in [0, 0.05) is 11.6 Å². The molecule has 0 radical (unpaired) electrons. The average molecular weight is 253 g/mol. The van der Waals surface area contributed by atoms with Gasteiger partial charge in [0.1, 0.15) is 5.82 Å². The summed E-state index contributed by atoms with van der Waals surface area (Å²) >= 11 is 0. The van der Waals surface area contributed by atoms with Gasteiger partial charge in [0.15, 0.2) is 0 Å². The van der Waals surface area contributed by atoms with Gasteiger partial charge in [0.2, 0.25) is 0 Å². The van der Waals surface area contributed by atoms with Crippen LogP contribution in [0.4, 0.5) is 5.82 Å². The van der Waals surface area contributed by atoms with Crippen molar-refractivity contribution >= 4 is 5.82 Å². The predicted octanol–water partition coefficient (Wildman–Crippen LogP) is 3.84. The van der Waals surface area contributed by atoms with E-state index in [0.29, 0.717) is 12.0 Å². The molecule has 3 nitrogen and oxygen atoms in total. The topological polar surface area (TPSA) is 37.8 Å². The molecule has 1 N–H and O–H groups in total. The van der Waals surface area contributed by atoms with Crippen LogP contribution in [0, 0.1) is 0 Å². The maximum absolute atomic E-state index is 4.29. The molecule has 0 aliphatic heterocycles. The summed E-state index contributed by atoms with van der Waals surface area (Å²) < 4.78 is 0. The molecule has 0 unspecified atom stereocenters. The standard InChI is InChI=1S/C16H19N3/c1-11(2)12-3-5-13(6-4-12)15-9-10-16(19-18-15)17-14-7-8-14/h3-6,9-11,14H,7-8H2,1-2H3,(H,17,19). The molecule has 0 amide bonds. The Hall–Kier alpha value is -1.90. The molecule has 1 heterocycles. The molecule has 1 saturated carbocycles. The van der Waals surface area contributed by atoms with Crippen LogP contribution in [0.25, 0.3) is 11.3 Å². The fourth-order valence-electron chi connectivity index (χ4n) is 2.04. The molecule has 1 aliphatic carbocycles. The van der Waals surface area contributed by atoms with Gasteiger partial charge in [-0.25, -0.2) is 0 Å². The Morgan fingerprint density at radius 3 is 2.26 bits per heavy atom. The first kappa shape index (κ1) is 12.2. The van der Waals surface area contributed by atoms with E-state index in [1.807, 2.05) is 12.1 Å². The fraction of sp³-hybridized carbons (Fsp3) is 0.375. The van der Waals surface area contributed by atoms with Gasteiger partial charge in [-0.15, -0.1) is 10.2 Å². The van der Waals surface area contributed by atoms with E-state index < -0.39 is 0 Å². The van der Waals surface area contributed by atoms with Gasteiger partial charge in [0.05, 0.1) is 5.69 Å². The van der Waals surface area contributed by atoms with E-state index in [0.717, 1.165) is 17.1 Å². The molecule has 0 atom stereocenters. The highest BCUT2D eigenvalue weighted by Gasteiger charge is 2.21. The highest BCUT2D eigenvalue weighted by atomic mass is 15.2. The summed E-state index contributed by atoms with van der Waals surface area (Å²) in [6.07, 6.45) is 2.50. The summed E-state index contributed by atoms with van der Waals surface area (Å²) in [5.74, 6) is 1.44. The number of nitrogens with one attached hydrogen (secondary N) is 1. The number of hydrogen-bond donors (Lipinski definition) is 1. The van der Waals surface area contributed by atoms with E-state index in [9.17, 15) is 0 Å². The lowest BCUT2D eigenvalue weighted by Gasteiger charge is -2.07. The molecule has 0 bridgehead atoms. The molecular formula is C16H19N3. The van der Waals surface area contributed by atoms with E-state index in [2.05, 4.69) is 53.6 Å². The lowest BCUT2D eigenvalue weighted by molar-refractivity contribution is 0.867. The molecule has 3 heteroatoms. The Bertz CT molecular complexity index is 539. The largest absolute Gasteiger partial charge is 0.366 e. The zero-order chi connectivity index (χ0) is 13.2. The smallest absolute Gasteiger partial charge is 0.148 e. The minimum Gasteiger partial charge on any atom is -0.366 e. The van der Waals surface area contributed by atoms with Gasteiger partial charge in [-0.3, -0.25) is 0 Å². The van der Waals surface area contributed by atoms with Crippen molar-refractivity contribution in [2.24, 2.45) is 0 Å². The van der Waals surface area contributed by atoms with E-state index in [4.69, 9.17) is 0 Å². The lowest BCUT2D eigenvalue weighted by atomic mass is 10.0. The lowest BCUT2D eigenvalue weighted by Crippen LogP contribution is -2.03. The van der Waals surface area contributed by atoms with Crippen LogP contribution in [-0.2, 0) is 0 Å². The highest BCUT2D eigenvalue weighted by Crippen LogP contribution is 2.25. The molecule has 0 saturated heterocycles. The van der Waals surface area contributed by atoms with Crippen molar-refractivity contribution in [3.63, 3.8) is 0 Å². The van der Waals surface area contributed by atoms with Crippen molar-refractivity contribution in [1.29, 1.82) is 0 Å². The van der Waals surface area contributed by atoms with Crippen LogP contribution in [0.3, 0.4) is 0 Å². The van der Waals surface area contributed by atoms with Gasteiger partial charge in [-0.05, 0) is 36.5 Å². The second kappa shape index (κ2) is 5.00. The number of benzene rings is 1. The second-order valence-corrected chi connectivity index (χ2v) is 5.50. The third kappa shape index (κ3) is 2.92. The molecule has 1 aromatic heterocycles. The Morgan fingerprint density at radius 2 is 1.74 bits per heavy atom. The van der Waals surface area contributed by atoms with Crippen molar-refractivity contribution in [3.05, 3.63) is 42.0 Å². The van der Waals surface area contributed by atoms with Gasteiger partial charge >= 0.3 is 0 Å². The van der Waals surface area contributed by atoms with E-state index in [1.54, 1.807) is 0 Å². The summed E-state index contributed by atoms with van der Waals surface area (Å²) in [6.45, 7) is 4.40. The monoisotopic (exact) mass is 253 g/mol. The summed E-state index contributed by atoms with van der Waals surface area (Å²) in [6, 6.07) is 13.2. The first-order chi connectivity index (χ1) is 9.22. The zero-order valence-corrected chi connectivity index (χ0v) is 11.4. The SMILES string of the molecule is CC(C)c1ccc(-c2ccc(NC3CC3)nn2)cc1. The Kier molecular flexibility index (Phi) is 3.20. The molecular weight excluding hydrogens is 234 g/mol. The molecule has 3 rings (SSSR count). The third-order valence-corrected chi connectivity index (χ3v) is 3.47. The Labute approximate surface area is 114 Å². The molecule has 19 heavy (non-hydrogen) atoms. The predicted molar refractivity (Wildman–Crippen MR) is 78.2 cm³/mol. The van der Waals surface area contributed by atoms with Crippen molar-refractivity contribution in [3.8, 4) is 11.3 Å². The third-order valence-electron chi connectivity index (χ3n) is 3.47. The highest BCUT2D eigenvalue weighted by molar-refractivity contribution is 5.60. The van der Waals surface area contributed by atoms with Crippen molar-refractivity contribution in [1.82, 2.24) is 10.2 Å². The molecule has 2 aromatic rings. The molecule has 98 valence electrons. The van der Waals surface area contributed by atoms with Crippen molar-refractivity contribution in [2.75, 3.05) is 5.32 Å². The molecule has 1 aliphatic rings. The first-order valence-electron chi connectivity index (χ1n) is 6.93. The number of nitrogens with zero attached hydrogens (tertiary/aromatic N) is 2. The molecule has 1 fully saturated rings. The van der Waals surface area contributed by atoms with Crippen LogP contribution < -0.4 is 5.32 Å². The van der Waals surface area contributed by atoms with Crippen molar-refractivity contribution in [2.45, 2.75) is 38.6 Å². The molecule has 1 aromatic carbocycles. The summed E-state index contributed by atoms with van der Waals surface area (Å²) in [4.78, 5) is 0. The average Bonchev–Trinajstić information content (AvgIpc) is 3.24. The van der Waals surface area contributed by atoms with E-state index in [-0.39, 0.29) is 0 Å². The van der Waals surface area contributed by atoms with E-state index in [1.165, 1.54) is 18.4 Å². The number of hydrogen-bond acceptors (Lipinski definition) is 3. The minimum atomic E-state index is 0.560. The van der Waals surface area contributed by atoms with Gasteiger partial charge in [0.25, 0.3) is 0 Å². The number of aromatic nitrogens is 2. The summed E-state index contributed by atoms with van der Waals surface area (Å²) in [5.41, 5.74) is 3.40. The quantitative estimate of drug-likeness (QED) is 0.899. The fourth-order valence-corrected chi connectivity index (χ4v) is 2.04. The minimum absolute atomic E-state index is 0.560. The molecule has 0 spiro atoms. The second-order valence-electron chi connectivity index (χ2n) is 5.50. The van der Waals surface area contributed by atoms with Crippen molar-refractivity contribution < 1.29 is 0 Å². The number of rotatable bonds is 4. The zero-order valence-electron chi connectivity index (χ0n) is 11.4. The number of anilines is 1. The van der Waals surface area contributed by atoms with Gasteiger partial charge in [-0.1, -0.05) is 38.1 Å². The van der Waals surface area contributed by atoms with Crippen LogP contribution >= 0.6 is 0 Å². The summed E-state index contributed by atoms with van der Waals surface area (Å²) in [7, 11) is 0. The Morgan fingerprint density at radius 1 is 1.00 bits per heavy atom. The van der Waals surface area contributed by atoms with Crippen LogP contribution in [0.1, 0.15) is 38.2 Å². The normalized spacial score (nSPS) is 14.7. The van der Waals surface area contributed by atoms with E-state index >= 15 is 0 Å². The Balaban J connectivity index is 1.76. The maximum Gasteiger partial charge on any atom is 0.148 e.